The highest BCUT2D eigenvalue weighted by Crippen LogP contribution is 2.21. The molecule has 0 radical (unpaired) electrons. The van der Waals surface area contributed by atoms with Gasteiger partial charge in [0.25, 0.3) is 5.56 Å². The average molecular weight is 338 g/mol. The number of hydrogen-bond acceptors (Lipinski definition) is 3. The van der Waals surface area contributed by atoms with Crippen molar-refractivity contribution in [2.45, 2.75) is 33.1 Å². The Balaban J connectivity index is 1.89. The Bertz CT molecular complexity index is 984. The number of nitrogens with zero attached hydrogens (tertiary/aromatic N) is 3. The molecule has 0 bridgehead atoms. The molecule has 0 unspecified atom stereocenters. The zero-order valence-electron chi connectivity index (χ0n) is 14.9. The van der Waals surface area contributed by atoms with Crippen molar-refractivity contribution in [2.75, 3.05) is 11.9 Å². The van der Waals surface area contributed by atoms with Crippen LogP contribution in [0, 0.1) is 6.92 Å². The molecule has 0 fully saturated rings. The van der Waals surface area contributed by atoms with E-state index >= 15 is 0 Å². The van der Waals surface area contributed by atoms with E-state index in [9.17, 15) is 9.59 Å². The predicted octanol–water partition coefficient (Wildman–Crippen LogP) is 2.66. The zero-order chi connectivity index (χ0) is 18.1. The third-order valence-corrected chi connectivity index (χ3v) is 4.47. The molecule has 0 saturated carbocycles. The summed E-state index contributed by atoms with van der Waals surface area (Å²) >= 11 is 0. The van der Waals surface area contributed by atoms with Gasteiger partial charge in [0.2, 0.25) is 5.91 Å². The van der Waals surface area contributed by atoms with Gasteiger partial charge in [0.1, 0.15) is 0 Å². The molecule has 1 N–H and O–H groups in total. The highest BCUT2D eigenvalue weighted by molar-refractivity contribution is 5.94. The van der Waals surface area contributed by atoms with Gasteiger partial charge < -0.3 is 4.90 Å². The number of amides is 1. The standard InChI is InChI=1S/C19H22N4O2/c1-12(2)14-6-5-7-15(10-14)22(4)18(24)11-16-13(3)21-17-8-9-20-23(17)19(16)25/h5-10,12,20H,11H2,1-4H3. The highest BCUT2D eigenvalue weighted by atomic mass is 16.2. The lowest BCUT2D eigenvalue weighted by molar-refractivity contribution is -0.117. The Hall–Kier alpha value is -2.89. The summed E-state index contributed by atoms with van der Waals surface area (Å²) in [5.41, 5.74) is 3.31. The van der Waals surface area contributed by atoms with Crippen LogP contribution in [0.2, 0.25) is 0 Å². The summed E-state index contributed by atoms with van der Waals surface area (Å²) in [5, 5.41) is 2.83. The van der Waals surface area contributed by atoms with Crippen LogP contribution in [-0.4, -0.2) is 27.6 Å². The van der Waals surface area contributed by atoms with Crippen LogP contribution in [0.3, 0.4) is 0 Å². The van der Waals surface area contributed by atoms with E-state index in [1.165, 1.54) is 10.1 Å². The first-order valence-corrected chi connectivity index (χ1v) is 8.30. The number of hydrogen-bond donors (Lipinski definition) is 1. The summed E-state index contributed by atoms with van der Waals surface area (Å²) in [6, 6.07) is 9.63. The lowest BCUT2D eigenvalue weighted by Crippen LogP contribution is -2.32. The van der Waals surface area contributed by atoms with Crippen molar-refractivity contribution in [3.05, 3.63) is 63.7 Å². The molecule has 2 aromatic heterocycles. The maximum atomic E-state index is 12.7. The molecule has 0 atom stereocenters. The normalized spacial score (nSPS) is 11.2. The number of benzene rings is 1. The van der Waals surface area contributed by atoms with Crippen molar-refractivity contribution in [3.63, 3.8) is 0 Å². The molecular formula is C19H22N4O2. The second kappa shape index (κ2) is 6.55. The number of carbonyl (C=O) groups excluding carboxylic acids is 1. The Labute approximate surface area is 146 Å². The van der Waals surface area contributed by atoms with Gasteiger partial charge in [-0.2, -0.15) is 0 Å². The van der Waals surface area contributed by atoms with Gasteiger partial charge in [-0.3, -0.25) is 14.7 Å². The number of H-pyrrole nitrogens is 1. The average Bonchev–Trinajstić information content (AvgIpc) is 3.06. The molecule has 2 heterocycles. The van der Waals surface area contributed by atoms with Gasteiger partial charge in [-0.25, -0.2) is 9.50 Å². The van der Waals surface area contributed by atoms with E-state index in [2.05, 4.69) is 23.9 Å². The van der Waals surface area contributed by atoms with Crippen LogP contribution in [0.25, 0.3) is 5.65 Å². The molecule has 0 aliphatic heterocycles. The molecule has 6 heteroatoms. The number of nitrogens with one attached hydrogen (secondary N) is 1. The van der Waals surface area contributed by atoms with E-state index in [-0.39, 0.29) is 17.9 Å². The minimum absolute atomic E-state index is 0.0159. The number of likely N-dealkylation sites (N-methyl/N-ethyl adjacent to an activating group) is 1. The van der Waals surface area contributed by atoms with Gasteiger partial charge in [-0.1, -0.05) is 26.0 Å². The van der Waals surface area contributed by atoms with Crippen molar-refractivity contribution in [2.24, 2.45) is 0 Å². The summed E-state index contributed by atoms with van der Waals surface area (Å²) in [6.45, 7) is 5.99. The Morgan fingerprint density at radius 3 is 2.80 bits per heavy atom. The van der Waals surface area contributed by atoms with Crippen LogP contribution in [-0.2, 0) is 11.2 Å². The molecule has 25 heavy (non-hydrogen) atoms. The first-order chi connectivity index (χ1) is 11.9. The summed E-state index contributed by atoms with van der Waals surface area (Å²) in [6.07, 6.45) is 1.67. The highest BCUT2D eigenvalue weighted by Gasteiger charge is 2.18. The number of aromatic nitrogens is 3. The lowest BCUT2D eigenvalue weighted by Gasteiger charge is -2.19. The minimum atomic E-state index is -0.231. The van der Waals surface area contributed by atoms with Crippen LogP contribution in [0.15, 0.2) is 41.3 Å². The van der Waals surface area contributed by atoms with E-state index in [0.717, 1.165) is 5.69 Å². The number of rotatable bonds is 4. The van der Waals surface area contributed by atoms with Gasteiger partial charge in [0.05, 0.1) is 6.42 Å². The van der Waals surface area contributed by atoms with Crippen molar-refractivity contribution in [1.29, 1.82) is 0 Å². The third kappa shape index (κ3) is 3.20. The summed E-state index contributed by atoms with van der Waals surface area (Å²) in [5.74, 6) is 0.240. The zero-order valence-corrected chi connectivity index (χ0v) is 14.9. The van der Waals surface area contributed by atoms with Crippen LogP contribution >= 0.6 is 0 Å². The molecule has 0 spiro atoms. The number of fused-ring (bicyclic) bond motifs is 1. The topological polar surface area (TPSA) is 70.5 Å². The van der Waals surface area contributed by atoms with Crippen LogP contribution < -0.4 is 10.5 Å². The molecule has 3 aromatic rings. The fourth-order valence-electron chi connectivity index (χ4n) is 2.82. The molecule has 0 aliphatic rings. The van der Waals surface area contributed by atoms with Gasteiger partial charge in [0, 0.05) is 36.3 Å². The summed E-state index contributed by atoms with van der Waals surface area (Å²) in [7, 11) is 1.73. The number of anilines is 1. The smallest absolute Gasteiger partial charge is 0.276 e. The fraction of sp³-hybridized carbons (Fsp3) is 0.316. The monoisotopic (exact) mass is 338 g/mol. The maximum Gasteiger partial charge on any atom is 0.276 e. The molecule has 0 saturated heterocycles. The maximum absolute atomic E-state index is 12.7. The SMILES string of the molecule is Cc1nc2cc[nH]n2c(=O)c1CC(=O)N(C)c1cccc(C(C)C)c1. The number of carbonyl (C=O) groups is 1. The van der Waals surface area contributed by atoms with Crippen LogP contribution in [0.4, 0.5) is 5.69 Å². The van der Waals surface area contributed by atoms with Crippen molar-refractivity contribution in [1.82, 2.24) is 14.6 Å². The molecule has 6 nitrogen and oxygen atoms in total. The Morgan fingerprint density at radius 2 is 2.08 bits per heavy atom. The van der Waals surface area contributed by atoms with E-state index in [1.54, 1.807) is 31.1 Å². The Kier molecular flexibility index (Phi) is 4.44. The second-order valence-electron chi connectivity index (χ2n) is 6.52. The van der Waals surface area contributed by atoms with Crippen molar-refractivity contribution >= 4 is 17.2 Å². The molecule has 3 rings (SSSR count). The fourth-order valence-corrected chi connectivity index (χ4v) is 2.82. The number of aryl methyl sites for hydroxylation is 1. The first-order valence-electron chi connectivity index (χ1n) is 8.30. The van der Waals surface area contributed by atoms with Crippen molar-refractivity contribution in [3.8, 4) is 0 Å². The summed E-state index contributed by atoms with van der Waals surface area (Å²) < 4.78 is 1.36. The molecule has 1 amide bonds. The van der Waals surface area contributed by atoms with E-state index in [0.29, 0.717) is 22.8 Å². The predicted molar refractivity (Wildman–Crippen MR) is 98.2 cm³/mol. The molecule has 0 aliphatic carbocycles. The van der Waals surface area contributed by atoms with E-state index in [1.807, 2.05) is 24.3 Å². The largest absolute Gasteiger partial charge is 0.315 e. The quantitative estimate of drug-likeness (QED) is 0.795. The van der Waals surface area contributed by atoms with Gasteiger partial charge >= 0.3 is 0 Å². The van der Waals surface area contributed by atoms with Crippen LogP contribution in [0.1, 0.15) is 36.6 Å². The number of aromatic amines is 1. The van der Waals surface area contributed by atoms with Crippen LogP contribution in [0.5, 0.6) is 0 Å². The Morgan fingerprint density at radius 1 is 1.32 bits per heavy atom. The van der Waals surface area contributed by atoms with Gasteiger partial charge in [0.15, 0.2) is 5.65 Å². The molecule has 1 aromatic carbocycles. The van der Waals surface area contributed by atoms with Crippen molar-refractivity contribution < 1.29 is 4.79 Å². The van der Waals surface area contributed by atoms with Gasteiger partial charge in [-0.15, -0.1) is 0 Å². The minimum Gasteiger partial charge on any atom is -0.315 e. The first kappa shape index (κ1) is 17.0. The third-order valence-electron chi connectivity index (χ3n) is 4.47. The van der Waals surface area contributed by atoms with Gasteiger partial charge in [-0.05, 0) is 30.5 Å². The molecular weight excluding hydrogens is 316 g/mol. The second-order valence-corrected chi connectivity index (χ2v) is 6.52. The molecule has 130 valence electrons. The summed E-state index contributed by atoms with van der Waals surface area (Å²) in [4.78, 5) is 31.3. The van der Waals surface area contributed by atoms with E-state index in [4.69, 9.17) is 0 Å². The lowest BCUT2D eigenvalue weighted by atomic mass is 10.0. The van der Waals surface area contributed by atoms with E-state index < -0.39 is 0 Å².